The molecule has 160 valence electrons. The van der Waals surface area contributed by atoms with Crippen molar-refractivity contribution in [2.75, 3.05) is 7.05 Å². The van der Waals surface area contributed by atoms with Crippen LogP contribution in [0.3, 0.4) is 0 Å². The predicted molar refractivity (Wildman–Crippen MR) is 123 cm³/mol. The summed E-state index contributed by atoms with van der Waals surface area (Å²) < 4.78 is 26.7. The van der Waals surface area contributed by atoms with Gasteiger partial charge >= 0.3 is 0 Å². The number of amides is 1. The van der Waals surface area contributed by atoms with Crippen LogP contribution >= 0.6 is 0 Å². The van der Waals surface area contributed by atoms with Gasteiger partial charge < -0.3 is 0 Å². The molecule has 1 amide bonds. The Bertz CT molecular complexity index is 1190. The van der Waals surface area contributed by atoms with Crippen LogP contribution in [0.2, 0.25) is 0 Å². The summed E-state index contributed by atoms with van der Waals surface area (Å²) in [5, 5.41) is 3.99. The van der Waals surface area contributed by atoms with Crippen LogP contribution in [0.5, 0.6) is 0 Å². The highest BCUT2D eigenvalue weighted by Crippen LogP contribution is 2.17. The van der Waals surface area contributed by atoms with Gasteiger partial charge in [-0.05, 0) is 49.2 Å². The fraction of sp³-hybridized carbons (Fsp3) is 0.167. The molecule has 0 unspecified atom stereocenters. The molecule has 31 heavy (non-hydrogen) atoms. The van der Waals surface area contributed by atoms with Crippen molar-refractivity contribution in [3.05, 3.63) is 101 Å². The van der Waals surface area contributed by atoms with Gasteiger partial charge in [-0.1, -0.05) is 59.7 Å². The van der Waals surface area contributed by atoms with Crippen molar-refractivity contribution in [2.24, 2.45) is 5.10 Å². The summed E-state index contributed by atoms with van der Waals surface area (Å²) in [4.78, 5) is 12.5. The van der Waals surface area contributed by atoms with Gasteiger partial charge in [-0.3, -0.25) is 4.79 Å². The molecule has 0 saturated heterocycles. The van der Waals surface area contributed by atoms with Crippen molar-refractivity contribution >= 4 is 22.1 Å². The van der Waals surface area contributed by atoms with E-state index in [1.165, 1.54) is 11.4 Å². The van der Waals surface area contributed by atoms with Crippen LogP contribution in [0.15, 0.2) is 82.8 Å². The van der Waals surface area contributed by atoms with Crippen LogP contribution < -0.4 is 5.43 Å². The summed E-state index contributed by atoms with van der Waals surface area (Å²) in [5.41, 5.74) is 6.72. The molecule has 1 N–H and O–H groups in total. The predicted octanol–water partition coefficient (Wildman–Crippen LogP) is 3.89. The highest BCUT2D eigenvalue weighted by molar-refractivity contribution is 7.89. The molecule has 7 heteroatoms. The third kappa shape index (κ3) is 5.87. The average molecular weight is 436 g/mol. The Morgan fingerprint density at radius 3 is 2.29 bits per heavy atom. The van der Waals surface area contributed by atoms with Gasteiger partial charge in [-0.15, -0.1) is 0 Å². The first-order valence-corrected chi connectivity index (χ1v) is 11.2. The lowest BCUT2D eigenvalue weighted by Crippen LogP contribution is -2.26. The Hall–Kier alpha value is -3.29. The van der Waals surface area contributed by atoms with Gasteiger partial charge in [0, 0.05) is 19.2 Å². The number of carbonyl (C=O) groups excluding carboxylic acids is 1. The van der Waals surface area contributed by atoms with Crippen molar-refractivity contribution in [3.63, 3.8) is 0 Å². The molecule has 3 rings (SSSR count). The molecular formula is C24H25N3O3S. The zero-order chi connectivity index (χ0) is 22.4. The molecule has 0 radical (unpaired) electrons. The van der Waals surface area contributed by atoms with E-state index in [0.29, 0.717) is 5.56 Å². The van der Waals surface area contributed by atoms with Gasteiger partial charge in [0.15, 0.2) is 0 Å². The minimum Gasteiger partial charge on any atom is -0.267 e. The highest BCUT2D eigenvalue weighted by atomic mass is 32.2. The van der Waals surface area contributed by atoms with Gasteiger partial charge in [-0.25, -0.2) is 13.8 Å². The van der Waals surface area contributed by atoms with Crippen LogP contribution in [0.4, 0.5) is 0 Å². The maximum Gasteiger partial charge on any atom is 0.271 e. The molecule has 0 spiro atoms. The normalized spacial score (nSPS) is 11.7. The summed E-state index contributed by atoms with van der Waals surface area (Å²) in [6.07, 6.45) is 1.59. The van der Waals surface area contributed by atoms with Crippen molar-refractivity contribution in [3.8, 4) is 0 Å². The Morgan fingerprint density at radius 1 is 0.968 bits per heavy atom. The first kappa shape index (κ1) is 22.4. The molecule has 0 fully saturated rings. The summed E-state index contributed by atoms with van der Waals surface area (Å²) >= 11 is 0. The van der Waals surface area contributed by atoms with Crippen LogP contribution in [-0.4, -0.2) is 31.9 Å². The highest BCUT2D eigenvalue weighted by Gasteiger charge is 2.20. The van der Waals surface area contributed by atoms with E-state index in [2.05, 4.69) is 10.5 Å². The van der Waals surface area contributed by atoms with Crippen LogP contribution in [0.25, 0.3) is 0 Å². The SMILES string of the molecule is Cc1ccc(S(=O)(=O)N(C)Cc2ccc(C(=O)N/N=C/c3cccc(C)c3)cc2)cc1. The van der Waals surface area contributed by atoms with Gasteiger partial charge in [0.25, 0.3) is 5.91 Å². The third-order valence-electron chi connectivity index (χ3n) is 4.77. The van der Waals surface area contributed by atoms with Crippen molar-refractivity contribution in [1.29, 1.82) is 0 Å². The molecule has 0 saturated carbocycles. The molecule has 0 aromatic heterocycles. The number of hydrogen-bond acceptors (Lipinski definition) is 4. The lowest BCUT2D eigenvalue weighted by Gasteiger charge is -2.17. The van der Waals surface area contributed by atoms with Crippen LogP contribution in [0, 0.1) is 13.8 Å². The molecular weight excluding hydrogens is 410 g/mol. The summed E-state index contributed by atoms with van der Waals surface area (Å²) in [6, 6.07) is 21.3. The number of aryl methyl sites for hydroxylation is 2. The van der Waals surface area contributed by atoms with Gasteiger partial charge in [0.1, 0.15) is 0 Å². The fourth-order valence-electron chi connectivity index (χ4n) is 2.97. The maximum atomic E-state index is 12.7. The summed E-state index contributed by atoms with van der Waals surface area (Å²) in [6.45, 7) is 4.09. The quantitative estimate of drug-likeness (QED) is 0.452. The van der Waals surface area contributed by atoms with Crippen molar-refractivity contribution in [2.45, 2.75) is 25.3 Å². The lowest BCUT2D eigenvalue weighted by atomic mass is 10.1. The van der Waals surface area contributed by atoms with E-state index in [4.69, 9.17) is 0 Å². The van der Waals surface area contributed by atoms with E-state index in [0.717, 1.165) is 22.3 Å². The second-order valence-electron chi connectivity index (χ2n) is 7.38. The standard InChI is InChI=1S/C24H25N3O3S/c1-18-7-13-23(14-8-18)31(29,30)27(3)17-20-9-11-22(12-10-20)24(28)26-25-16-21-6-4-5-19(2)15-21/h4-16H,17H2,1-3H3,(H,26,28)/b25-16+. The number of sulfonamides is 1. The second kappa shape index (κ2) is 9.68. The van der Waals surface area contributed by atoms with E-state index < -0.39 is 10.0 Å². The summed E-state index contributed by atoms with van der Waals surface area (Å²) in [7, 11) is -2.05. The topological polar surface area (TPSA) is 78.8 Å². The van der Waals surface area contributed by atoms with E-state index in [1.807, 2.05) is 38.1 Å². The van der Waals surface area contributed by atoms with E-state index in [1.54, 1.807) is 54.7 Å². The molecule has 0 aliphatic heterocycles. The Morgan fingerprint density at radius 2 is 1.65 bits per heavy atom. The number of nitrogens with one attached hydrogen (secondary N) is 1. The Kier molecular flexibility index (Phi) is 6.99. The minimum atomic E-state index is -3.59. The molecule has 3 aromatic carbocycles. The number of rotatable bonds is 7. The summed E-state index contributed by atoms with van der Waals surface area (Å²) in [5.74, 6) is -0.337. The van der Waals surface area contributed by atoms with Gasteiger partial charge in [0.2, 0.25) is 10.0 Å². The average Bonchev–Trinajstić information content (AvgIpc) is 2.74. The fourth-order valence-corrected chi connectivity index (χ4v) is 4.13. The van der Waals surface area contributed by atoms with Crippen molar-refractivity contribution < 1.29 is 13.2 Å². The van der Waals surface area contributed by atoms with E-state index in [-0.39, 0.29) is 17.3 Å². The Labute approximate surface area is 183 Å². The Balaban J connectivity index is 1.61. The van der Waals surface area contributed by atoms with Gasteiger partial charge in [0.05, 0.1) is 11.1 Å². The molecule has 0 bridgehead atoms. The number of benzene rings is 3. The first-order valence-electron chi connectivity index (χ1n) is 9.78. The molecule has 3 aromatic rings. The monoisotopic (exact) mass is 435 g/mol. The van der Waals surface area contributed by atoms with E-state index >= 15 is 0 Å². The molecule has 0 aliphatic carbocycles. The molecule has 0 atom stereocenters. The number of hydrazone groups is 1. The van der Waals surface area contributed by atoms with Crippen LogP contribution in [-0.2, 0) is 16.6 Å². The number of carbonyl (C=O) groups is 1. The molecule has 0 heterocycles. The maximum absolute atomic E-state index is 12.7. The third-order valence-corrected chi connectivity index (χ3v) is 6.59. The zero-order valence-electron chi connectivity index (χ0n) is 17.7. The largest absolute Gasteiger partial charge is 0.271 e. The molecule has 6 nitrogen and oxygen atoms in total. The smallest absolute Gasteiger partial charge is 0.267 e. The van der Waals surface area contributed by atoms with Crippen LogP contribution in [0.1, 0.15) is 32.6 Å². The lowest BCUT2D eigenvalue weighted by molar-refractivity contribution is 0.0955. The molecule has 0 aliphatic rings. The number of hydrogen-bond donors (Lipinski definition) is 1. The van der Waals surface area contributed by atoms with Gasteiger partial charge in [-0.2, -0.15) is 9.41 Å². The number of nitrogens with zero attached hydrogens (tertiary/aromatic N) is 2. The zero-order valence-corrected chi connectivity index (χ0v) is 18.6. The first-order chi connectivity index (χ1) is 14.8. The van der Waals surface area contributed by atoms with Crippen molar-refractivity contribution in [1.82, 2.24) is 9.73 Å². The van der Waals surface area contributed by atoms with E-state index in [9.17, 15) is 13.2 Å². The second-order valence-corrected chi connectivity index (χ2v) is 9.43. The minimum absolute atomic E-state index is 0.198.